The highest BCUT2D eigenvalue weighted by molar-refractivity contribution is 7.11. The van der Waals surface area contributed by atoms with E-state index in [-0.39, 0.29) is 0 Å². The van der Waals surface area contributed by atoms with Crippen molar-refractivity contribution in [3.8, 4) is 0 Å². The zero-order valence-corrected chi connectivity index (χ0v) is 12.1. The highest BCUT2D eigenvalue weighted by Gasteiger charge is 2.06. The van der Waals surface area contributed by atoms with Gasteiger partial charge in [-0.25, -0.2) is 4.98 Å². The zero-order chi connectivity index (χ0) is 13.0. The Bertz CT molecular complexity index is 487. The Morgan fingerprint density at radius 2 is 2.00 bits per heavy atom. The Labute approximate surface area is 113 Å². The van der Waals surface area contributed by atoms with Crippen molar-refractivity contribution >= 4 is 11.3 Å². The van der Waals surface area contributed by atoms with Crippen LogP contribution in [0.25, 0.3) is 0 Å². The Morgan fingerprint density at radius 3 is 2.61 bits per heavy atom. The molecule has 0 saturated carbocycles. The largest absolute Gasteiger partial charge is 0.305 e. The molecule has 0 bridgehead atoms. The van der Waals surface area contributed by atoms with Crippen LogP contribution in [-0.4, -0.2) is 4.98 Å². The third-order valence-corrected chi connectivity index (χ3v) is 4.21. The topological polar surface area (TPSA) is 24.9 Å². The fraction of sp³-hybridized carbons (Fsp3) is 0.400. The van der Waals surface area contributed by atoms with E-state index in [0.29, 0.717) is 6.04 Å². The van der Waals surface area contributed by atoms with Crippen molar-refractivity contribution in [1.82, 2.24) is 10.3 Å². The normalized spacial score (nSPS) is 12.6. The van der Waals surface area contributed by atoms with E-state index in [1.54, 1.807) is 11.3 Å². The summed E-state index contributed by atoms with van der Waals surface area (Å²) in [5, 5.41) is 4.76. The predicted molar refractivity (Wildman–Crippen MR) is 77.9 cm³/mol. The fourth-order valence-corrected chi connectivity index (χ4v) is 2.63. The molecule has 0 amide bonds. The van der Waals surface area contributed by atoms with E-state index in [9.17, 15) is 0 Å². The number of benzene rings is 1. The monoisotopic (exact) mass is 260 g/mol. The predicted octanol–water partition coefficient (Wildman–Crippen LogP) is 3.86. The van der Waals surface area contributed by atoms with Crippen LogP contribution in [0.5, 0.6) is 0 Å². The van der Waals surface area contributed by atoms with Gasteiger partial charge in [-0.1, -0.05) is 36.8 Å². The molecule has 0 saturated heterocycles. The van der Waals surface area contributed by atoms with E-state index < -0.39 is 0 Å². The van der Waals surface area contributed by atoms with Crippen LogP contribution < -0.4 is 5.32 Å². The van der Waals surface area contributed by atoms with E-state index in [2.05, 4.69) is 55.3 Å². The van der Waals surface area contributed by atoms with Gasteiger partial charge in [0.05, 0.1) is 5.01 Å². The molecule has 1 heterocycles. The number of aromatic nitrogens is 1. The van der Waals surface area contributed by atoms with Crippen molar-refractivity contribution in [3.05, 3.63) is 51.5 Å². The molecule has 0 radical (unpaired) electrons. The molecule has 2 rings (SSSR count). The second-order valence-electron chi connectivity index (χ2n) is 4.59. The molecular formula is C15H20N2S. The molecule has 18 heavy (non-hydrogen) atoms. The van der Waals surface area contributed by atoms with Crippen molar-refractivity contribution in [3.63, 3.8) is 0 Å². The molecule has 2 aromatic rings. The first kappa shape index (κ1) is 13.2. The maximum atomic E-state index is 4.38. The maximum Gasteiger partial charge on any atom is 0.0925 e. The second-order valence-corrected chi connectivity index (χ2v) is 5.79. The highest BCUT2D eigenvalue weighted by Crippen LogP contribution is 2.17. The van der Waals surface area contributed by atoms with Crippen molar-refractivity contribution in [2.45, 2.75) is 39.8 Å². The van der Waals surface area contributed by atoms with E-state index in [4.69, 9.17) is 0 Å². The number of aryl methyl sites for hydroxylation is 2. The van der Waals surface area contributed by atoms with Crippen molar-refractivity contribution in [2.75, 3.05) is 0 Å². The van der Waals surface area contributed by atoms with E-state index >= 15 is 0 Å². The van der Waals surface area contributed by atoms with Gasteiger partial charge in [0.1, 0.15) is 0 Å². The highest BCUT2D eigenvalue weighted by atomic mass is 32.1. The summed E-state index contributed by atoms with van der Waals surface area (Å²) in [5.41, 5.74) is 2.64. The molecule has 1 aromatic carbocycles. The quantitative estimate of drug-likeness (QED) is 0.883. The summed E-state index contributed by atoms with van der Waals surface area (Å²) < 4.78 is 0. The lowest BCUT2D eigenvalue weighted by Gasteiger charge is -2.13. The summed E-state index contributed by atoms with van der Waals surface area (Å²) in [6, 6.07) is 9.08. The van der Waals surface area contributed by atoms with Gasteiger partial charge in [-0.2, -0.15) is 0 Å². The van der Waals surface area contributed by atoms with E-state index in [1.165, 1.54) is 21.0 Å². The van der Waals surface area contributed by atoms with Crippen LogP contribution in [0.15, 0.2) is 30.5 Å². The van der Waals surface area contributed by atoms with Gasteiger partial charge in [0.2, 0.25) is 0 Å². The first-order chi connectivity index (χ1) is 8.69. The average Bonchev–Trinajstić information content (AvgIpc) is 2.85. The molecular weight excluding hydrogens is 240 g/mol. The molecule has 0 aliphatic heterocycles. The fourth-order valence-electron chi connectivity index (χ4n) is 1.82. The first-order valence-electron chi connectivity index (χ1n) is 6.42. The minimum absolute atomic E-state index is 0.373. The summed E-state index contributed by atoms with van der Waals surface area (Å²) in [5.74, 6) is 0. The Morgan fingerprint density at radius 1 is 1.28 bits per heavy atom. The summed E-state index contributed by atoms with van der Waals surface area (Å²) >= 11 is 1.80. The van der Waals surface area contributed by atoms with Gasteiger partial charge >= 0.3 is 0 Å². The Kier molecular flexibility index (Phi) is 4.50. The standard InChI is InChI=1S/C15H20N2S/c1-4-15-17-10-14(18-15)9-16-12(3)13-7-5-11(2)6-8-13/h5-8,10,12,16H,4,9H2,1-3H3/t12-/m0/s1. The summed E-state index contributed by atoms with van der Waals surface area (Å²) in [6.45, 7) is 7.36. The Hall–Kier alpha value is -1.19. The Balaban J connectivity index is 1.91. The van der Waals surface area contributed by atoms with Gasteiger partial charge in [-0.15, -0.1) is 11.3 Å². The second kappa shape index (κ2) is 6.12. The summed E-state index contributed by atoms with van der Waals surface area (Å²) in [4.78, 5) is 5.69. The van der Waals surface area contributed by atoms with Crippen molar-refractivity contribution < 1.29 is 0 Å². The molecule has 3 heteroatoms. The van der Waals surface area contributed by atoms with Crippen LogP contribution >= 0.6 is 11.3 Å². The van der Waals surface area contributed by atoms with Gasteiger partial charge < -0.3 is 5.32 Å². The molecule has 0 fully saturated rings. The summed E-state index contributed by atoms with van der Waals surface area (Å²) in [7, 11) is 0. The van der Waals surface area contributed by atoms with Gasteiger partial charge in [-0.05, 0) is 25.8 Å². The van der Waals surface area contributed by atoms with E-state index in [0.717, 1.165) is 13.0 Å². The lowest BCUT2D eigenvalue weighted by Crippen LogP contribution is -2.17. The van der Waals surface area contributed by atoms with E-state index in [1.807, 2.05) is 6.20 Å². The van der Waals surface area contributed by atoms with Crippen LogP contribution in [0.1, 0.15) is 40.9 Å². The number of hydrogen-bond acceptors (Lipinski definition) is 3. The third kappa shape index (κ3) is 3.40. The average molecular weight is 260 g/mol. The lowest BCUT2D eigenvalue weighted by atomic mass is 10.1. The van der Waals surface area contributed by atoms with Crippen LogP contribution in [-0.2, 0) is 13.0 Å². The van der Waals surface area contributed by atoms with Gasteiger partial charge in [0.15, 0.2) is 0 Å². The molecule has 0 unspecified atom stereocenters. The van der Waals surface area contributed by atoms with Crippen LogP contribution in [0.2, 0.25) is 0 Å². The zero-order valence-electron chi connectivity index (χ0n) is 11.2. The van der Waals surface area contributed by atoms with Crippen molar-refractivity contribution in [2.24, 2.45) is 0 Å². The van der Waals surface area contributed by atoms with Crippen LogP contribution in [0, 0.1) is 6.92 Å². The van der Waals surface area contributed by atoms with Gasteiger partial charge in [0, 0.05) is 23.7 Å². The smallest absolute Gasteiger partial charge is 0.0925 e. The minimum Gasteiger partial charge on any atom is -0.305 e. The number of thiazole rings is 1. The molecule has 96 valence electrons. The molecule has 2 nitrogen and oxygen atoms in total. The third-order valence-electron chi connectivity index (χ3n) is 3.06. The minimum atomic E-state index is 0.373. The molecule has 0 aliphatic carbocycles. The molecule has 1 atom stereocenters. The number of nitrogens with zero attached hydrogens (tertiary/aromatic N) is 1. The summed E-state index contributed by atoms with van der Waals surface area (Å²) in [6.07, 6.45) is 3.01. The van der Waals surface area contributed by atoms with Gasteiger partial charge in [-0.3, -0.25) is 0 Å². The SMILES string of the molecule is CCc1ncc(CN[C@@H](C)c2ccc(C)cc2)s1. The van der Waals surface area contributed by atoms with Crippen LogP contribution in [0.3, 0.4) is 0 Å². The van der Waals surface area contributed by atoms with Crippen molar-refractivity contribution in [1.29, 1.82) is 0 Å². The first-order valence-corrected chi connectivity index (χ1v) is 7.24. The van der Waals surface area contributed by atoms with Crippen LogP contribution in [0.4, 0.5) is 0 Å². The maximum absolute atomic E-state index is 4.38. The van der Waals surface area contributed by atoms with Gasteiger partial charge in [0.25, 0.3) is 0 Å². The molecule has 0 aliphatic rings. The molecule has 1 N–H and O–H groups in total. The number of hydrogen-bond donors (Lipinski definition) is 1. The lowest BCUT2D eigenvalue weighted by molar-refractivity contribution is 0.578. The number of rotatable bonds is 5. The number of nitrogens with one attached hydrogen (secondary N) is 1. The molecule has 0 spiro atoms. The molecule has 1 aromatic heterocycles.